The van der Waals surface area contributed by atoms with Gasteiger partial charge in [-0.3, -0.25) is 5.10 Å². The van der Waals surface area contributed by atoms with Crippen molar-refractivity contribution < 1.29 is 0 Å². The van der Waals surface area contributed by atoms with Crippen LogP contribution >= 0.6 is 0 Å². The molecule has 0 aliphatic carbocycles. The number of nitrogens with zero attached hydrogens (tertiary/aromatic N) is 1. The van der Waals surface area contributed by atoms with Crippen LogP contribution in [0.15, 0.2) is 6.07 Å². The van der Waals surface area contributed by atoms with Gasteiger partial charge in [-0.15, -0.1) is 0 Å². The van der Waals surface area contributed by atoms with Gasteiger partial charge in [-0.2, -0.15) is 5.10 Å². The van der Waals surface area contributed by atoms with Crippen LogP contribution in [-0.4, -0.2) is 16.2 Å². The average Bonchev–Trinajstić information content (AvgIpc) is 2.55. The van der Waals surface area contributed by atoms with Crippen molar-refractivity contribution in [3.63, 3.8) is 0 Å². The summed E-state index contributed by atoms with van der Waals surface area (Å²) in [6.45, 7) is 12.5. The normalized spacial score (nSPS) is 10.0. The van der Waals surface area contributed by atoms with Crippen LogP contribution in [0, 0.1) is 0 Å². The Hall–Kier alpha value is -0.990. The molecule has 1 aromatic rings. The maximum absolute atomic E-state index is 4.14. The second-order valence-corrected chi connectivity index (χ2v) is 3.66. The van der Waals surface area contributed by atoms with Crippen molar-refractivity contribution in [3.05, 3.63) is 11.8 Å². The summed E-state index contributed by atoms with van der Waals surface area (Å²) >= 11 is 0. The second kappa shape index (κ2) is 6.46. The molecule has 1 heterocycles. The van der Waals surface area contributed by atoms with E-state index < -0.39 is 0 Å². The highest BCUT2D eigenvalue weighted by molar-refractivity contribution is 5.36. The summed E-state index contributed by atoms with van der Waals surface area (Å²) in [7, 11) is 0. The van der Waals surface area contributed by atoms with E-state index in [2.05, 4.69) is 49.3 Å². The Kier molecular flexibility index (Phi) is 6.00. The van der Waals surface area contributed by atoms with Crippen molar-refractivity contribution in [2.45, 2.75) is 53.5 Å². The molecule has 0 atom stereocenters. The van der Waals surface area contributed by atoms with Gasteiger partial charge in [0.1, 0.15) is 5.82 Å². The van der Waals surface area contributed by atoms with Crippen LogP contribution < -0.4 is 5.32 Å². The molecule has 3 nitrogen and oxygen atoms in total. The van der Waals surface area contributed by atoms with Crippen molar-refractivity contribution in [2.75, 3.05) is 5.32 Å². The lowest BCUT2D eigenvalue weighted by atomic mass is 10.1. The monoisotopic (exact) mass is 197 g/mol. The number of H-pyrrole nitrogens is 1. The van der Waals surface area contributed by atoms with Gasteiger partial charge >= 0.3 is 0 Å². The van der Waals surface area contributed by atoms with Crippen LogP contribution in [0.25, 0.3) is 0 Å². The number of hydrogen-bond acceptors (Lipinski definition) is 2. The van der Waals surface area contributed by atoms with Crippen molar-refractivity contribution in [3.8, 4) is 0 Å². The molecule has 3 heteroatoms. The Bertz CT molecular complexity index is 238. The summed E-state index contributed by atoms with van der Waals surface area (Å²) in [4.78, 5) is 0. The molecule has 0 aliphatic heterocycles. The third-order valence-electron chi connectivity index (χ3n) is 1.66. The van der Waals surface area contributed by atoms with Crippen LogP contribution in [0.4, 0.5) is 5.82 Å². The molecule has 1 rings (SSSR count). The Balaban J connectivity index is 0.000000791. The standard InChI is InChI=1S/C9H17N3.C2H6/c1-6(2)8-5-9(12-11-8)10-7(3)4;1-2/h5-7H,1-4H3,(H2,10,11,12);1-2H3. The maximum Gasteiger partial charge on any atom is 0.148 e. The lowest BCUT2D eigenvalue weighted by Gasteiger charge is -2.04. The molecule has 0 saturated heterocycles. The average molecular weight is 197 g/mol. The molecule has 0 saturated carbocycles. The number of aromatic nitrogens is 2. The number of aromatic amines is 1. The maximum atomic E-state index is 4.14. The van der Waals surface area contributed by atoms with Crippen LogP contribution in [0.5, 0.6) is 0 Å². The Morgan fingerprint density at radius 1 is 1.21 bits per heavy atom. The summed E-state index contributed by atoms with van der Waals surface area (Å²) in [5.41, 5.74) is 1.18. The van der Waals surface area contributed by atoms with E-state index in [1.807, 2.05) is 13.8 Å². The number of hydrogen-bond donors (Lipinski definition) is 2. The van der Waals surface area contributed by atoms with Gasteiger partial charge in [-0.05, 0) is 19.8 Å². The second-order valence-electron chi connectivity index (χ2n) is 3.66. The van der Waals surface area contributed by atoms with Crippen LogP contribution in [0.2, 0.25) is 0 Å². The number of anilines is 1. The van der Waals surface area contributed by atoms with E-state index in [1.165, 1.54) is 5.69 Å². The third-order valence-corrected chi connectivity index (χ3v) is 1.66. The molecule has 0 bridgehead atoms. The fraction of sp³-hybridized carbons (Fsp3) is 0.727. The quantitative estimate of drug-likeness (QED) is 0.780. The highest BCUT2D eigenvalue weighted by Gasteiger charge is 2.04. The van der Waals surface area contributed by atoms with Gasteiger partial charge in [0, 0.05) is 17.8 Å². The summed E-state index contributed by atoms with van der Waals surface area (Å²) in [6.07, 6.45) is 0. The molecule has 0 unspecified atom stereocenters. The summed E-state index contributed by atoms with van der Waals surface area (Å²) < 4.78 is 0. The largest absolute Gasteiger partial charge is 0.366 e. The molecule has 0 aliphatic rings. The zero-order chi connectivity index (χ0) is 11.1. The zero-order valence-electron chi connectivity index (χ0n) is 10.2. The summed E-state index contributed by atoms with van der Waals surface area (Å²) in [6, 6.07) is 2.50. The molecular weight excluding hydrogens is 174 g/mol. The Labute approximate surface area is 87.3 Å². The van der Waals surface area contributed by atoms with Gasteiger partial charge in [0.15, 0.2) is 0 Å². The van der Waals surface area contributed by atoms with Gasteiger partial charge < -0.3 is 5.32 Å². The zero-order valence-corrected chi connectivity index (χ0v) is 10.2. The first-order valence-corrected chi connectivity index (χ1v) is 5.41. The molecule has 0 radical (unpaired) electrons. The minimum atomic E-state index is 0.438. The highest BCUT2D eigenvalue weighted by atomic mass is 15.2. The first-order valence-electron chi connectivity index (χ1n) is 5.41. The SMILES string of the molecule is CC.CC(C)Nc1cc(C(C)C)[nH]n1. The van der Waals surface area contributed by atoms with Gasteiger partial charge in [-0.1, -0.05) is 27.7 Å². The minimum absolute atomic E-state index is 0.438. The van der Waals surface area contributed by atoms with E-state index in [-0.39, 0.29) is 0 Å². The molecule has 2 N–H and O–H groups in total. The van der Waals surface area contributed by atoms with Crippen LogP contribution in [0.1, 0.15) is 53.2 Å². The predicted octanol–water partition coefficient (Wildman–Crippen LogP) is 3.38. The van der Waals surface area contributed by atoms with E-state index in [9.17, 15) is 0 Å². The number of rotatable bonds is 3. The van der Waals surface area contributed by atoms with Crippen molar-refractivity contribution in [2.24, 2.45) is 0 Å². The first-order chi connectivity index (χ1) is 6.59. The molecule has 0 spiro atoms. The molecule has 1 aromatic heterocycles. The molecular formula is C11H23N3. The van der Waals surface area contributed by atoms with E-state index in [4.69, 9.17) is 0 Å². The lowest BCUT2D eigenvalue weighted by Crippen LogP contribution is -2.09. The molecule has 0 aromatic carbocycles. The fourth-order valence-electron chi connectivity index (χ4n) is 1.00. The van der Waals surface area contributed by atoms with Gasteiger partial charge in [0.25, 0.3) is 0 Å². The van der Waals surface area contributed by atoms with Crippen molar-refractivity contribution in [1.29, 1.82) is 0 Å². The fourth-order valence-corrected chi connectivity index (χ4v) is 1.00. The third kappa shape index (κ3) is 4.30. The van der Waals surface area contributed by atoms with Crippen molar-refractivity contribution >= 4 is 5.82 Å². The smallest absolute Gasteiger partial charge is 0.148 e. The van der Waals surface area contributed by atoms with E-state index in [1.54, 1.807) is 0 Å². The van der Waals surface area contributed by atoms with E-state index in [0.717, 1.165) is 5.82 Å². The highest BCUT2D eigenvalue weighted by Crippen LogP contribution is 2.14. The molecule has 0 fully saturated rings. The summed E-state index contributed by atoms with van der Waals surface area (Å²) in [5, 5.41) is 10.4. The summed E-state index contributed by atoms with van der Waals surface area (Å²) in [5.74, 6) is 1.45. The Morgan fingerprint density at radius 2 is 1.79 bits per heavy atom. The topological polar surface area (TPSA) is 40.7 Å². The molecule has 0 amide bonds. The number of nitrogens with one attached hydrogen (secondary N) is 2. The van der Waals surface area contributed by atoms with Crippen LogP contribution in [-0.2, 0) is 0 Å². The van der Waals surface area contributed by atoms with Crippen molar-refractivity contribution in [1.82, 2.24) is 10.2 Å². The van der Waals surface area contributed by atoms with Gasteiger partial charge in [0.2, 0.25) is 0 Å². The molecule has 14 heavy (non-hydrogen) atoms. The molecule has 82 valence electrons. The lowest BCUT2D eigenvalue weighted by molar-refractivity contribution is 0.809. The van der Waals surface area contributed by atoms with Gasteiger partial charge in [0.05, 0.1) is 0 Å². The first kappa shape index (κ1) is 13.0. The van der Waals surface area contributed by atoms with Crippen LogP contribution in [0.3, 0.4) is 0 Å². The Morgan fingerprint density at radius 3 is 2.14 bits per heavy atom. The van der Waals surface area contributed by atoms with E-state index in [0.29, 0.717) is 12.0 Å². The predicted molar refractivity (Wildman–Crippen MR) is 62.8 cm³/mol. The van der Waals surface area contributed by atoms with Gasteiger partial charge in [-0.25, -0.2) is 0 Å². The minimum Gasteiger partial charge on any atom is -0.366 e. The van der Waals surface area contributed by atoms with E-state index >= 15 is 0 Å².